The fourth-order valence-corrected chi connectivity index (χ4v) is 3.07. The van der Waals surface area contributed by atoms with E-state index in [-0.39, 0.29) is 23.8 Å². The van der Waals surface area contributed by atoms with Crippen LogP contribution in [0.15, 0.2) is 16.8 Å². The summed E-state index contributed by atoms with van der Waals surface area (Å²) in [6, 6.07) is 2.27. The molecule has 2 atom stereocenters. The molecule has 5 nitrogen and oxygen atoms in total. The lowest BCUT2D eigenvalue weighted by Crippen LogP contribution is -2.44. The largest absolute Gasteiger partial charge is 0.355 e. The normalized spacial score (nSPS) is 20.6. The van der Waals surface area contributed by atoms with Crippen LogP contribution in [0.25, 0.3) is 0 Å². The van der Waals surface area contributed by atoms with Crippen LogP contribution in [0.1, 0.15) is 24.4 Å². The van der Waals surface area contributed by atoms with Crippen LogP contribution in [-0.4, -0.2) is 43.9 Å². The first-order valence-corrected chi connectivity index (χ1v) is 7.75. The second kappa shape index (κ2) is 6.85. The summed E-state index contributed by atoms with van der Waals surface area (Å²) < 4.78 is 0. The minimum absolute atomic E-state index is 0.0343. The van der Waals surface area contributed by atoms with Gasteiger partial charge in [0.15, 0.2) is 0 Å². The van der Waals surface area contributed by atoms with E-state index in [1.165, 1.54) is 5.56 Å². The number of carbonyl (C=O) groups is 2. The molecule has 1 aliphatic rings. The van der Waals surface area contributed by atoms with Gasteiger partial charge in [0.2, 0.25) is 11.8 Å². The minimum Gasteiger partial charge on any atom is -0.355 e. The van der Waals surface area contributed by atoms with Gasteiger partial charge in [0.1, 0.15) is 0 Å². The first kappa shape index (κ1) is 15.0. The van der Waals surface area contributed by atoms with Crippen molar-refractivity contribution in [2.45, 2.75) is 18.9 Å². The van der Waals surface area contributed by atoms with Crippen molar-refractivity contribution in [3.05, 3.63) is 22.4 Å². The predicted molar refractivity (Wildman–Crippen MR) is 79.5 cm³/mol. The molecular formula is C14H21N3O2S. The molecule has 0 saturated carbocycles. The molecule has 0 spiro atoms. The number of hydrogen-bond acceptors (Lipinski definition) is 4. The average Bonchev–Trinajstić information content (AvgIpc) is 2.93. The Morgan fingerprint density at radius 3 is 2.95 bits per heavy atom. The summed E-state index contributed by atoms with van der Waals surface area (Å²) in [6.45, 7) is 1.04. The number of piperidine rings is 1. The van der Waals surface area contributed by atoms with Crippen LogP contribution in [0.2, 0.25) is 0 Å². The summed E-state index contributed by atoms with van der Waals surface area (Å²) in [5.74, 6) is -0.0245. The molecule has 1 aromatic rings. The summed E-state index contributed by atoms with van der Waals surface area (Å²) >= 11 is 1.66. The number of carbonyl (C=O) groups excluding carboxylic acids is 2. The fraction of sp³-hybridized carbons (Fsp3) is 0.571. The zero-order valence-corrected chi connectivity index (χ0v) is 12.7. The minimum atomic E-state index is -0.0991. The number of amides is 2. The lowest BCUT2D eigenvalue weighted by Gasteiger charge is -2.26. The molecule has 0 radical (unpaired) electrons. The highest BCUT2D eigenvalue weighted by Gasteiger charge is 2.25. The maximum absolute atomic E-state index is 12.1. The molecule has 1 aliphatic heterocycles. The third-order valence-electron chi connectivity index (χ3n) is 3.66. The van der Waals surface area contributed by atoms with E-state index >= 15 is 0 Å². The molecule has 1 saturated heterocycles. The van der Waals surface area contributed by atoms with Crippen molar-refractivity contribution >= 4 is 23.2 Å². The first-order valence-electron chi connectivity index (χ1n) is 6.81. The molecule has 2 N–H and O–H groups in total. The fourth-order valence-electron chi connectivity index (χ4n) is 2.36. The maximum atomic E-state index is 12.1. The molecule has 2 amide bonds. The smallest absolute Gasteiger partial charge is 0.224 e. The van der Waals surface area contributed by atoms with Gasteiger partial charge in [-0.3, -0.25) is 9.59 Å². The molecule has 2 rings (SSSR count). The van der Waals surface area contributed by atoms with E-state index in [1.807, 2.05) is 19.5 Å². The molecule has 0 unspecified atom stereocenters. The van der Waals surface area contributed by atoms with Gasteiger partial charge < -0.3 is 15.5 Å². The van der Waals surface area contributed by atoms with Gasteiger partial charge in [0.25, 0.3) is 0 Å². The van der Waals surface area contributed by atoms with E-state index < -0.39 is 0 Å². The lowest BCUT2D eigenvalue weighted by atomic mass is 9.98. The predicted octanol–water partition coefficient (Wildman–Crippen LogP) is 0.993. The van der Waals surface area contributed by atoms with Crippen LogP contribution in [0, 0.1) is 5.92 Å². The van der Waals surface area contributed by atoms with Crippen molar-refractivity contribution in [2.75, 3.05) is 27.2 Å². The Balaban J connectivity index is 1.86. The lowest BCUT2D eigenvalue weighted by molar-refractivity contribution is -0.129. The third kappa shape index (κ3) is 3.80. The van der Waals surface area contributed by atoms with E-state index in [0.29, 0.717) is 25.9 Å². The topological polar surface area (TPSA) is 61.4 Å². The number of nitrogens with zero attached hydrogens (tertiary/aromatic N) is 1. The molecule has 0 aliphatic carbocycles. The summed E-state index contributed by atoms with van der Waals surface area (Å²) in [5, 5.41) is 9.91. The van der Waals surface area contributed by atoms with Gasteiger partial charge in [-0.1, -0.05) is 0 Å². The van der Waals surface area contributed by atoms with Gasteiger partial charge in [-0.05, 0) is 42.9 Å². The van der Waals surface area contributed by atoms with Gasteiger partial charge in [-0.2, -0.15) is 11.3 Å². The van der Waals surface area contributed by atoms with Crippen molar-refractivity contribution in [3.8, 4) is 0 Å². The number of likely N-dealkylation sites (N-methyl/N-ethyl adjacent to an activating group) is 1. The molecule has 0 aromatic carbocycles. The molecule has 0 bridgehead atoms. The van der Waals surface area contributed by atoms with E-state index in [1.54, 1.807) is 11.3 Å². The summed E-state index contributed by atoms with van der Waals surface area (Å²) in [7, 11) is 4.02. The Hall–Kier alpha value is -1.40. The number of thiophene rings is 1. The Kier molecular flexibility index (Phi) is 5.14. The van der Waals surface area contributed by atoms with Crippen molar-refractivity contribution in [3.63, 3.8) is 0 Å². The molecule has 1 aromatic heterocycles. The van der Waals surface area contributed by atoms with Crippen LogP contribution in [0.4, 0.5) is 0 Å². The summed E-state index contributed by atoms with van der Waals surface area (Å²) in [6.07, 6.45) is 1.09. The molecule has 110 valence electrons. The second-order valence-electron chi connectivity index (χ2n) is 5.32. The number of nitrogens with one attached hydrogen (secondary N) is 2. The zero-order chi connectivity index (χ0) is 14.5. The Morgan fingerprint density at radius 1 is 1.60 bits per heavy atom. The average molecular weight is 295 g/mol. The van der Waals surface area contributed by atoms with Crippen molar-refractivity contribution in [1.29, 1.82) is 0 Å². The van der Waals surface area contributed by atoms with Gasteiger partial charge >= 0.3 is 0 Å². The second-order valence-corrected chi connectivity index (χ2v) is 6.10. The number of rotatable bonds is 5. The Morgan fingerprint density at radius 2 is 2.40 bits per heavy atom. The third-order valence-corrected chi connectivity index (χ3v) is 4.36. The van der Waals surface area contributed by atoms with Crippen molar-refractivity contribution in [1.82, 2.24) is 15.5 Å². The van der Waals surface area contributed by atoms with Crippen LogP contribution < -0.4 is 10.6 Å². The van der Waals surface area contributed by atoms with Crippen LogP contribution in [-0.2, 0) is 9.59 Å². The summed E-state index contributed by atoms with van der Waals surface area (Å²) in [4.78, 5) is 25.3. The van der Waals surface area contributed by atoms with Crippen LogP contribution in [0.3, 0.4) is 0 Å². The van der Waals surface area contributed by atoms with Crippen LogP contribution in [0.5, 0.6) is 0 Å². The monoisotopic (exact) mass is 295 g/mol. The van der Waals surface area contributed by atoms with Gasteiger partial charge in [-0.25, -0.2) is 0 Å². The van der Waals surface area contributed by atoms with Crippen LogP contribution >= 0.6 is 11.3 Å². The molecule has 1 fully saturated rings. The summed E-state index contributed by atoms with van der Waals surface area (Å²) in [5.41, 5.74) is 1.22. The molecular weight excluding hydrogens is 274 g/mol. The standard InChI is InChI=1S/C14H21N3O2S/c1-17(2)12(11-5-6-20-9-11)8-16-14(19)10-3-4-13(18)15-7-10/h5-6,9-10,12H,3-4,7-8H2,1-2H3,(H,15,18)(H,16,19)/t10-,12-/m0/s1. The van der Waals surface area contributed by atoms with Crippen molar-refractivity contribution in [2.24, 2.45) is 5.92 Å². The first-order chi connectivity index (χ1) is 9.58. The quantitative estimate of drug-likeness (QED) is 0.852. The van der Waals surface area contributed by atoms with Crippen molar-refractivity contribution < 1.29 is 9.59 Å². The van der Waals surface area contributed by atoms with E-state index in [0.717, 1.165) is 0 Å². The molecule has 20 heavy (non-hydrogen) atoms. The SMILES string of the molecule is CN(C)[C@@H](CNC(=O)[C@H]1CCC(=O)NC1)c1ccsc1. The molecule has 6 heteroatoms. The van der Waals surface area contributed by atoms with Gasteiger partial charge in [-0.15, -0.1) is 0 Å². The Labute approximate surface area is 123 Å². The molecule has 2 heterocycles. The highest BCUT2D eigenvalue weighted by Crippen LogP contribution is 2.20. The van der Waals surface area contributed by atoms with Gasteiger partial charge in [0.05, 0.1) is 12.0 Å². The zero-order valence-electron chi connectivity index (χ0n) is 11.9. The highest BCUT2D eigenvalue weighted by atomic mass is 32.1. The highest BCUT2D eigenvalue weighted by molar-refractivity contribution is 7.07. The van der Waals surface area contributed by atoms with E-state index in [2.05, 4.69) is 27.0 Å². The maximum Gasteiger partial charge on any atom is 0.224 e. The van der Waals surface area contributed by atoms with E-state index in [4.69, 9.17) is 0 Å². The Bertz CT molecular complexity index is 449. The number of hydrogen-bond donors (Lipinski definition) is 2. The van der Waals surface area contributed by atoms with E-state index in [9.17, 15) is 9.59 Å². The van der Waals surface area contributed by atoms with Gasteiger partial charge in [0, 0.05) is 19.5 Å².